The second-order valence-electron chi connectivity index (χ2n) is 3.21. The molecule has 3 nitrogen and oxygen atoms in total. The molecule has 0 saturated carbocycles. The van der Waals surface area contributed by atoms with E-state index in [4.69, 9.17) is 11.0 Å². The van der Waals surface area contributed by atoms with Gasteiger partial charge in [0.15, 0.2) is 0 Å². The minimum atomic E-state index is 0.660. The molecule has 2 rings (SSSR count). The molecule has 0 fully saturated rings. The fourth-order valence-electron chi connectivity index (χ4n) is 1.38. The van der Waals surface area contributed by atoms with Gasteiger partial charge < -0.3 is 5.73 Å². The summed E-state index contributed by atoms with van der Waals surface area (Å²) >= 11 is 1.44. The van der Waals surface area contributed by atoms with Crippen molar-refractivity contribution in [2.45, 2.75) is 6.92 Å². The molecule has 0 radical (unpaired) electrons. The van der Waals surface area contributed by atoms with E-state index in [0.29, 0.717) is 10.6 Å². The molecule has 2 heterocycles. The van der Waals surface area contributed by atoms with Crippen LogP contribution in [-0.4, -0.2) is 4.98 Å². The quantitative estimate of drug-likeness (QED) is 0.795. The van der Waals surface area contributed by atoms with Gasteiger partial charge in [-0.3, -0.25) is 4.98 Å². The zero-order chi connectivity index (χ0) is 10.8. The maximum Gasteiger partial charge on any atom is 0.110 e. The molecule has 2 aromatic heterocycles. The highest BCUT2D eigenvalue weighted by atomic mass is 32.1. The Morgan fingerprint density at radius 3 is 2.87 bits per heavy atom. The Labute approximate surface area is 91.8 Å². The summed E-state index contributed by atoms with van der Waals surface area (Å²) in [5.74, 6) is 0. The predicted molar refractivity (Wildman–Crippen MR) is 61.4 cm³/mol. The minimum Gasteiger partial charge on any atom is -0.397 e. The second-order valence-corrected chi connectivity index (χ2v) is 4.29. The Hall–Kier alpha value is -1.86. The number of thiophene rings is 1. The van der Waals surface area contributed by atoms with Gasteiger partial charge in [-0.1, -0.05) is 0 Å². The molecule has 0 aliphatic rings. The topological polar surface area (TPSA) is 62.7 Å². The van der Waals surface area contributed by atoms with Gasteiger partial charge in [-0.25, -0.2) is 0 Å². The summed E-state index contributed by atoms with van der Waals surface area (Å²) in [4.78, 5) is 5.97. The summed E-state index contributed by atoms with van der Waals surface area (Å²) in [7, 11) is 0. The van der Waals surface area contributed by atoms with Crippen LogP contribution in [0.25, 0.3) is 10.6 Å². The van der Waals surface area contributed by atoms with Crippen LogP contribution in [0.2, 0.25) is 0 Å². The number of nitrogens with zero attached hydrogens (tertiary/aromatic N) is 2. The highest BCUT2D eigenvalue weighted by Crippen LogP contribution is 2.28. The monoisotopic (exact) mass is 215 g/mol. The zero-order valence-electron chi connectivity index (χ0n) is 8.19. The van der Waals surface area contributed by atoms with Gasteiger partial charge >= 0.3 is 0 Å². The van der Waals surface area contributed by atoms with Gasteiger partial charge in [0, 0.05) is 0 Å². The molecule has 0 aliphatic carbocycles. The minimum absolute atomic E-state index is 0.660. The normalized spacial score (nSPS) is 9.87. The lowest BCUT2D eigenvalue weighted by atomic mass is 10.2. The van der Waals surface area contributed by atoms with Gasteiger partial charge in [-0.05, 0) is 30.7 Å². The van der Waals surface area contributed by atoms with Crippen LogP contribution in [-0.2, 0) is 0 Å². The van der Waals surface area contributed by atoms with E-state index in [0.717, 1.165) is 16.1 Å². The second kappa shape index (κ2) is 3.71. The summed E-state index contributed by atoms with van der Waals surface area (Å²) in [5.41, 5.74) is 8.21. The average Bonchev–Trinajstić information content (AvgIpc) is 2.66. The van der Waals surface area contributed by atoms with Crippen molar-refractivity contribution in [3.63, 3.8) is 0 Å². The molecule has 0 amide bonds. The third-order valence-electron chi connectivity index (χ3n) is 2.05. The van der Waals surface area contributed by atoms with Crippen molar-refractivity contribution in [2.24, 2.45) is 0 Å². The van der Waals surface area contributed by atoms with E-state index in [1.54, 1.807) is 12.3 Å². The molecule has 0 bridgehead atoms. The highest BCUT2D eigenvalue weighted by molar-refractivity contribution is 7.16. The lowest BCUT2D eigenvalue weighted by molar-refractivity contribution is 1.29. The Morgan fingerprint density at radius 2 is 2.27 bits per heavy atom. The van der Waals surface area contributed by atoms with Crippen LogP contribution in [0.4, 0.5) is 5.69 Å². The van der Waals surface area contributed by atoms with Crippen LogP contribution in [0.3, 0.4) is 0 Å². The molecule has 2 aromatic rings. The van der Waals surface area contributed by atoms with Crippen LogP contribution in [0.1, 0.15) is 10.4 Å². The maximum absolute atomic E-state index is 8.73. The largest absolute Gasteiger partial charge is 0.397 e. The number of pyridine rings is 1. The first kappa shape index (κ1) is 9.69. The Morgan fingerprint density at radius 1 is 1.47 bits per heavy atom. The van der Waals surface area contributed by atoms with Crippen LogP contribution in [0.15, 0.2) is 24.4 Å². The molecule has 0 spiro atoms. The summed E-state index contributed by atoms with van der Waals surface area (Å²) in [5, 5.41) is 8.73. The number of hydrogen-bond acceptors (Lipinski definition) is 4. The van der Waals surface area contributed by atoms with E-state index in [9.17, 15) is 0 Å². The van der Waals surface area contributed by atoms with Crippen LogP contribution >= 0.6 is 11.3 Å². The SMILES string of the molecule is Cc1cc(N)cnc1-c1ccc(C#N)s1. The van der Waals surface area contributed by atoms with Crippen molar-refractivity contribution in [1.82, 2.24) is 4.98 Å². The lowest BCUT2D eigenvalue weighted by Crippen LogP contribution is -1.90. The molecule has 0 saturated heterocycles. The third kappa shape index (κ3) is 1.83. The van der Waals surface area contributed by atoms with Crippen molar-refractivity contribution in [1.29, 1.82) is 5.26 Å². The van der Waals surface area contributed by atoms with Gasteiger partial charge in [0.2, 0.25) is 0 Å². The Balaban J connectivity index is 2.50. The van der Waals surface area contributed by atoms with Crippen molar-refractivity contribution in [2.75, 3.05) is 5.73 Å². The molecule has 0 atom stereocenters. The Bertz CT molecular complexity index is 537. The third-order valence-corrected chi connectivity index (χ3v) is 3.05. The molecule has 2 N–H and O–H groups in total. The standard InChI is InChI=1S/C11H9N3S/c1-7-4-8(13)6-14-11(7)10-3-2-9(5-12)15-10/h2-4,6H,13H2,1H3. The molecular formula is C11H9N3S. The molecule has 15 heavy (non-hydrogen) atoms. The molecule has 0 aliphatic heterocycles. The molecule has 0 aromatic carbocycles. The maximum atomic E-state index is 8.73. The number of aromatic nitrogens is 1. The fourth-order valence-corrected chi connectivity index (χ4v) is 2.24. The number of anilines is 1. The summed E-state index contributed by atoms with van der Waals surface area (Å²) in [6, 6.07) is 7.71. The van der Waals surface area contributed by atoms with Crippen LogP contribution in [0, 0.1) is 18.3 Å². The van der Waals surface area contributed by atoms with Crippen molar-refractivity contribution >= 4 is 17.0 Å². The number of nitriles is 1. The fraction of sp³-hybridized carbons (Fsp3) is 0.0909. The first-order valence-electron chi connectivity index (χ1n) is 4.43. The number of rotatable bonds is 1. The molecule has 74 valence electrons. The number of hydrogen-bond donors (Lipinski definition) is 1. The summed E-state index contributed by atoms with van der Waals surface area (Å²) in [6.07, 6.45) is 1.63. The Kier molecular flexibility index (Phi) is 2.40. The highest BCUT2D eigenvalue weighted by Gasteiger charge is 2.06. The summed E-state index contributed by atoms with van der Waals surface area (Å²) in [6.45, 7) is 1.96. The average molecular weight is 215 g/mol. The van der Waals surface area contributed by atoms with Crippen molar-refractivity contribution < 1.29 is 0 Å². The van der Waals surface area contributed by atoms with Gasteiger partial charge in [-0.2, -0.15) is 5.26 Å². The predicted octanol–water partition coefficient (Wildman–Crippen LogP) is 2.57. The molecule has 0 unspecified atom stereocenters. The number of nitrogens with two attached hydrogens (primary N) is 1. The number of nitrogen functional groups attached to an aromatic ring is 1. The van der Waals surface area contributed by atoms with Crippen molar-refractivity contribution in [3.05, 3.63) is 34.8 Å². The first-order valence-corrected chi connectivity index (χ1v) is 5.25. The zero-order valence-corrected chi connectivity index (χ0v) is 9.01. The van der Waals surface area contributed by atoms with Gasteiger partial charge in [-0.15, -0.1) is 11.3 Å². The van der Waals surface area contributed by atoms with Gasteiger partial charge in [0.05, 0.1) is 22.5 Å². The van der Waals surface area contributed by atoms with E-state index in [-0.39, 0.29) is 0 Å². The first-order chi connectivity index (χ1) is 7.20. The lowest BCUT2D eigenvalue weighted by Gasteiger charge is -2.02. The van der Waals surface area contributed by atoms with Gasteiger partial charge in [0.1, 0.15) is 10.9 Å². The van der Waals surface area contributed by atoms with Crippen LogP contribution in [0.5, 0.6) is 0 Å². The molecular weight excluding hydrogens is 206 g/mol. The van der Waals surface area contributed by atoms with Gasteiger partial charge in [0.25, 0.3) is 0 Å². The van der Waals surface area contributed by atoms with Crippen molar-refractivity contribution in [3.8, 4) is 16.6 Å². The van der Waals surface area contributed by atoms with E-state index in [2.05, 4.69) is 11.1 Å². The van der Waals surface area contributed by atoms with E-state index >= 15 is 0 Å². The van der Waals surface area contributed by atoms with Crippen LogP contribution < -0.4 is 5.73 Å². The smallest absolute Gasteiger partial charge is 0.110 e. The van der Waals surface area contributed by atoms with E-state index in [1.807, 2.05) is 19.1 Å². The number of aryl methyl sites for hydroxylation is 1. The van der Waals surface area contributed by atoms with E-state index in [1.165, 1.54) is 11.3 Å². The molecule has 4 heteroatoms. The van der Waals surface area contributed by atoms with E-state index < -0.39 is 0 Å². The summed E-state index contributed by atoms with van der Waals surface area (Å²) < 4.78 is 0.